The van der Waals surface area contributed by atoms with Gasteiger partial charge < -0.3 is 4.52 Å². The molecule has 0 bridgehead atoms. The van der Waals surface area contributed by atoms with Gasteiger partial charge in [-0.1, -0.05) is 45.0 Å². The molecule has 0 radical (unpaired) electrons. The lowest BCUT2D eigenvalue weighted by Gasteiger charge is -2.09. The van der Waals surface area contributed by atoms with Crippen LogP contribution < -0.4 is 0 Å². The topological polar surface area (TPSA) is 38.9 Å². The molecule has 3 nitrogen and oxygen atoms in total. The molecule has 1 heterocycles. The van der Waals surface area contributed by atoms with E-state index in [4.69, 9.17) is 4.52 Å². The summed E-state index contributed by atoms with van der Waals surface area (Å²) >= 11 is 0. The number of hydrogen-bond acceptors (Lipinski definition) is 3. The zero-order chi connectivity index (χ0) is 13.1. The van der Waals surface area contributed by atoms with Crippen LogP contribution in [-0.2, 0) is 0 Å². The van der Waals surface area contributed by atoms with Crippen LogP contribution in [0.15, 0.2) is 28.8 Å². The van der Waals surface area contributed by atoms with E-state index in [1.165, 1.54) is 5.56 Å². The van der Waals surface area contributed by atoms with E-state index in [1.807, 2.05) is 6.07 Å². The van der Waals surface area contributed by atoms with Gasteiger partial charge in [-0.05, 0) is 30.0 Å². The lowest BCUT2D eigenvalue weighted by molar-refractivity contribution is 0.419. The van der Waals surface area contributed by atoms with Crippen LogP contribution in [0.1, 0.15) is 57.3 Å². The molecule has 18 heavy (non-hydrogen) atoms. The van der Waals surface area contributed by atoms with Crippen molar-refractivity contribution in [2.75, 3.05) is 0 Å². The standard InChI is InChI=1S/C15H20N2O/c1-5-11(4)12-7-6-8-13(9-12)15-16-14(10(2)3)17-18-15/h6-11H,5H2,1-4H3. The highest BCUT2D eigenvalue weighted by Gasteiger charge is 2.12. The number of hydrogen-bond donors (Lipinski definition) is 0. The van der Waals surface area contributed by atoms with Gasteiger partial charge in [0, 0.05) is 11.5 Å². The maximum Gasteiger partial charge on any atom is 0.257 e. The Morgan fingerprint density at radius 1 is 1.22 bits per heavy atom. The van der Waals surface area contributed by atoms with Crippen molar-refractivity contribution in [1.82, 2.24) is 10.1 Å². The second-order valence-electron chi connectivity index (χ2n) is 5.05. The Kier molecular flexibility index (Phi) is 3.80. The number of rotatable bonds is 4. The summed E-state index contributed by atoms with van der Waals surface area (Å²) in [6.07, 6.45) is 1.13. The van der Waals surface area contributed by atoms with Gasteiger partial charge in [-0.25, -0.2) is 0 Å². The maximum absolute atomic E-state index is 5.32. The molecule has 1 atom stereocenters. The molecule has 0 spiro atoms. The van der Waals surface area contributed by atoms with Gasteiger partial charge in [0.1, 0.15) is 0 Å². The van der Waals surface area contributed by atoms with E-state index >= 15 is 0 Å². The van der Waals surface area contributed by atoms with Gasteiger partial charge in [0.25, 0.3) is 5.89 Å². The molecule has 0 amide bonds. The largest absolute Gasteiger partial charge is 0.334 e. The zero-order valence-corrected chi connectivity index (χ0v) is 11.5. The SMILES string of the molecule is CCC(C)c1cccc(-c2nc(C(C)C)no2)c1. The van der Waals surface area contributed by atoms with Crippen LogP contribution in [0, 0.1) is 0 Å². The van der Waals surface area contributed by atoms with Crippen molar-refractivity contribution >= 4 is 0 Å². The van der Waals surface area contributed by atoms with E-state index in [9.17, 15) is 0 Å². The van der Waals surface area contributed by atoms with Crippen LogP contribution in [0.3, 0.4) is 0 Å². The molecule has 0 saturated heterocycles. The lowest BCUT2D eigenvalue weighted by atomic mass is 9.97. The van der Waals surface area contributed by atoms with Gasteiger partial charge in [-0.15, -0.1) is 0 Å². The van der Waals surface area contributed by atoms with Crippen molar-refractivity contribution in [3.63, 3.8) is 0 Å². The number of benzene rings is 1. The van der Waals surface area contributed by atoms with Gasteiger partial charge in [0.2, 0.25) is 0 Å². The summed E-state index contributed by atoms with van der Waals surface area (Å²) in [5, 5.41) is 4.00. The highest BCUT2D eigenvalue weighted by molar-refractivity contribution is 5.54. The van der Waals surface area contributed by atoms with Crippen LogP contribution in [0.4, 0.5) is 0 Å². The summed E-state index contributed by atoms with van der Waals surface area (Å²) < 4.78 is 5.32. The first-order chi connectivity index (χ1) is 8.61. The average Bonchev–Trinajstić information content (AvgIpc) is 2.88. The molecule has 1 aromatic heterocycles. The van der Waals surface area contributed by atoms with E-state index in [-0.39, 0.29) is 0 Å². The summed E-state index contributed by atoms with van der Waals surface area (Å²) in [7, 11) is 0. The Morgan fingerprint density at radius 3 is 2.61 bits per heavy atom. The van der Waals surface area contributed by atoms with Crippen molar-refractivity contribution < 1.29 is 4.52 Å². The minimum absolute atomic E-state index is 0.292. The van der Waals surface area contributed by atoms with Gasteiger partial charge in [0.05, 0.1) is 0 Å². The Morgan fingerprint density at radius 2 is 2.00 bits per heavy atom. The predicted molar refractivity (Wildman–Crippen MR) is 72.5 cm³/mol. The van der Waals surface area contributed by atoms with Crippen LogP contribution in [-0.4, -0.2) is 10.1 Å². The Labute approximate surface area is 108 Å². The molecule has 1 unspecified atom stereocenters. The molecule has 0 fully saturated rings. The van der Waals surface area contributed by atoms with Crippen LogP contribution in [0.25, 0.3) is 11.5 Å². The molecule has 96 valence electrons. The van der Waals surface area contributed by atoms with Crippen LogP contribution in [0.5, 0.6) is 0 Å². The molecule has 0 saturated carbocycles. The highest BCUT2D eigenvalue weighted by Crippen LogP contribution is 2.25. The first kappa shape index (κ1) is 12.8. The Hall–Kier alpha value is -1.64. The van der Waals surface area contributed by atoms with Gasteiger partial charge >= 0.3 is 0 Å². The summed E-state index contributed by atoms with van der Waals surface area (Å²) in [5.41, 5.74) is 2.33. The van der Waals surface area contributed by atoms with Crippen LogP contribution in [0.2, 0.25) is 0 Å². The second-order valence-corrected chi connectivity index (χ2v) is 5.05. The Balaban J connectivity index is 2.32. The third kappa shape index (κ3) is 2.61. The van der Waals surface area contributed by atoms with Gasteiger partial charge in [-0.3, -0.25) is 0 Å². The monoisotopic (exact) mass is 244 g/mol. The third-order valence-electron chi connectivity index (χ3n) is 3.27. The average molecular weight is 244 g/mol. The van der Waals surface area contributed by atoms with E-state index in [0.29, 0.717) is 17.7 Å². The Bertz CT molecular complexity index is 517. The van der Waals surface area contributed by atoms with Crippen molar-refractivity contribution in [3.05, 3.63) is 35.7 Å². The minimum Gasteiger partial charge on any atom is -0.334 e. The fourth-order valence-corrected chi connectivity index (χ4v) is 1.80. The summed E-state index contributed by atoms with van der Waals surface area (Å²) in [5.74, 6) is 2.22. The third-order valence-corrected chi connectivity index (χ3v) is 3.27. The number of nitrogens with zero attached hydrogens (tertiary/aromatic N) is 2. The molecule has 0 N–H and O–H groups in total. The molecular weight excluding hydrogens is 224 g/mol. The van der Waals surface area contributed by atoms with Crippen molar-refractivity contribution in [3.8, 4) is 11.5 Å². The molecular formula is C15H20N2O. The van der Waals surface area contributed by atoms with Gasteiger partial charge in [0.15, 0.2) is 5.82 Å². The fourth-order valence-electron chi connectivity index (χ4n) is 1.80. The van der Waals surface area contributed by atoms with Crippen molar-refractivity contribution in [1.29, 1.82) is 0 Å². The van der Waals surface area contributed by atoms with Crippen LogP contribution >= 0.6 is 0 Å². The molecule has 2 rings (SSSR count). The molecule has 0 aliphatic carbocycles. The smallest absolute Gasteiger partial charge is 0.257 e. The molecule has 1 aromatic carbocycles. The maximum atomic E-state index is 5.32. The van der Waals surface area contributed by atoms with E-state index < -0.39 is 0 Å². The zero-order valence-electron chi connectivity index (χ0n) is 11.5. The predicted octanol–water partition coefficient (Wildman–Crippen LogP) is 4.37. The van der Waals surface area contributed by atoms with Crippen molar-refractivity contribution in [2.45, 2.75) is 46.0 Å². The van der Waals surface area contributed by atoms with E-state index in [2.05, 4.69) is 56.0 Å². The normalized spacial score (nSPS) is 12.9. The first-order valence-electron chi connectivity index (χ1n) is 6.55. The first-order valence-corrected chi connectivity index (χ1v) is 6.55. The minimum atomic E-state index is 0.292. The molecule has 0 aliphatic heterocycles. The quantitative estimate of drug-likeness (QED) is 0.801. The summed E-state index contributed by atoms with van der Waals surface area (Å²) in [4.78, 5) is 4.43. The second kappa shape index (κ2) is 5.34. The summed E-state index contributed by atoms with van der Waals surface area (Å²) in [6.45, 7) is 8.54. The molecule has 2 aromatic rings. The van der Waals surface area contributed by atoms with E-state index in [0.717, 1.165) is 17.8 Å². The molecule has 0 aliphatic rings. The molecule has 3 heteroatoms. The number of aromatic nitrogens is 2. The van der Waals surface area contributed by atoms with E-state index in [1.54, 1.807) is 0 Å². The van der Waals surface area contributed by atoms with Gasteiger partial charge in [-0.2, -0.15) is 4.98 Å². The lowest BCUT2D eigenvalue weighted by Crippen LogP contribution is -1.92. The fraction of sp³-hybridized carbons (Fsp3) is 0.467. The highest BCUT2D eigenvalue weighted by atomic mass is 16.5. The summed E-state index contributed by atoms with van der Waals surface area (Å²) in [6, 6.07) is 8.36. The van der Waals surface area contributed by atoms with Crippen molar-refractivity contribution in [2.24, 2.45) is 0 Å².